The maximum atomic E-state index is 11.8. The monoisotopic (exact) mass is 348 g/mol. The van der Waals surface area contributed by atoms with E-state index in [1.165, 1.54) is 11.8 Å². The minimum atomic E-state index is 0.0658. The molecule has 0 aliphatic carbocycles. The number of amides is 1. The van der Waals surface area contributed by atoms with E-state index in [1.54, 1.807) is 26.1 Å². The second-order valence-corrected chi connectivity index (χ2v) is 6.56. The van der Waals surface area contributed by atoms with Crippen LogP contribution in [0, 0.1) is 0 Å². The van der Waals surface area contributed by atoms with Crippen LogP contribution >= 0.6 is 11.8 Å². The summed E-state index contributed by atoms with van der Waals surface area (Å²) >= 11 is 1.43. The lowest BCUT2D eigenvalue weighted by atomic mass is 10.2. The number of ether oxygens (including phenoxy) is 1. The SMILES string of the molecule is CCCCn1c(SCC(=O)N(C)C)nnc1-c1ccc(OC)cc1. The fraction of sp³-hybridized carbons (Fsp3) is 0.471. The number of nitrogens with zero attached hydrogens (tertiary/aromatic N) is 4. The van der Waals surface area contributed by atoms with Crippen molar-refractivity contribution in [2.75, 3.05) is 27.0 Å². The lowest BCUT2D eigenvalue weighted by Gasteiger charge is -2.11. The molecule has 2 rings (SSSR count). The van der Waals surface area contributed by atoms with E-state index in [0.29, 0.717) is 5.75 Å². The number of rotatable bonds is 8. The van der Waals surface area contributed by atoms with Crippen LogP contribution in [0.2, 0.25) is 0 Å². The summed E-state index contributed by atoms with van der Waals surface area (Å²) in [4.78, 5) is 13.4. The second-order valence-electron chi connectivity index (χ2n) is 5.62. The average molecular weight is 348 g/mol. The summed E-state index contributed by atoms with van der Waals surface area (Å²) in [6, 6.07) is 7.78. The van der Waals surface area contributed by atoms with Gasteiger partial charge < -0.3 is 14.2 Å². The van der Waals surface area contributed by atoms with Crippen molar-refractivity contribution in [1.29, 1.82) is 0 Å². The van der Waals surface area contributed by atoms with Crippen LogP contribution in [0.5, 0.6) is 5.75 Å². The molecular formula is C17H24N4O2S. The molecule has 0 saturated heterocycles. The van der Waals surface area contributed by atoms with Gasteiger partial charge in [-0.1, -0.05) is 25.1 Å². The normalized spacial score (nSPS) is 10.7. The number of unbranched alkanes of at least 4 members (excludes halogenated alkanes) is 1. The summed E-state index contributed by atoms with van der Waals surface area (Å²) in [5.41, 5.74) is 0.991. The van der Waals surface area contributed by atoms with Gasteiger partial charge in [0.1, 0.15) is 5.75 Å². The van der Waals surface area contributed by atoms with Crippen molar-refractivity contribution in [2.24, 2.45) is 0 Å². The van der Waals surface area contributed by atoms with Crippen molar-refractivity contribution in [3.8, 4) is 17.1 Å². The molecular weight excluding hydrogens is 324 g/mol. The highest BCUT2D eigenvalue weighted by atomic mass is 32.2. The Morgan fingerprint density at radius 3 is 2.54 bits per heavy atom. The number of carbonyl (C=O) groups excluding carboxylic acids is 1. The molecule has 2 aromatic rings. The highest BCUT2D eigenvalue weighted by Crippen LogP contribution is 2.26. The average Bonchev–Trinajstić information content (AvgIpc) is 3.00. The number of methoxy groups -OCH3 is 1. The first kappa shape index (κ1) is 18.3. The van der Waals surface area contributed by atoms with Crippen LogP contribution in [0.25, 0.3) is 11.4 Å². The van der Waals surface area contributed by atoms with Crippen LogP contribution in [0.3, 0.4) is 0 Å². The third kappa shape index (κ3) is 4.50. The number of hydrogen-bond acceptors (Lipinski definition) is 5. The number of hydrogen-bond donors (Lipinski definition) is 0. The fourth-order valence-corrected chi connectivity index (χ4v) is 3.07. The molecule has 0 aliphatic rings. The van der Waals surface area contributed by atoms with Gasteiger partial charge in [0, 0.05) is 26.2 Å². The highest BCUT2D eigenvalue weighted by molar-refractivity contribution is 7.99. The van der Waals surface area contributed by atoms with Crippen molar-refractivity contribution >= 4 is 17.7 Å². The molecule has 1 aromatic carbocycles. The molecule has 24 heavy (non-hydrogen) atoms. The van der Waals surface area contributed by atoms with E-state index in [9.17, 15) is 4.79 Å². The number of aromatic nitrogens is 3. The zero-order valence-corrected chi connectivity index (χ0v) is 15.5. The molecule has 1 heterocycles. The first-order valence-corrected chi connectivity index (χ1v) is 8.96. The number of benzene rings is 1. The Kier molecular flexibility index (Phi) is 6.66. The Morgan fingerprint density at radius 2 is 1.96 bits per heavy atom. The van der Waals surface area contributed by atoms with Gasteiger partial charge >= 0.3 is 0 Å². The van der Waals surface area contributed by atoms with E-state index in [4.69, 9.17) is 4.74 Å². The molecule has 7 heteroatoms. The minimum Gasteiger partial charge on any atom is -0.497 e. The topological polar surface area (TPSA) is 60.2 Å². The maximum absolute atomic E-state index is 11.8. The van der Waals surface area contributed by atoms with Gasteiger partial charge in [-0.3, -0.25) is 4.79 Å². The van der Waals surface area contributed by atoms with E-state index in [-0.39, 0.29) is 5.91 Å². The molecule has 6 nitrogen and oxygen atoms in total. The van der Waals surface area contributed by atoms with Crippen LogP contribution in [-0.4, -0.2) is 52.5 Å². The lowest BCUT2D eigenvalue weighted by molar-refractivity contribution is -0.125. The Hall–Kier alpha value is -2.02. The van der Waals surface area contributed by atoms with E-state index >= 15 is 0 Å². The quantitative estimate of drug-likeness (QED) is 0.687. The summed E-state index contributed by atoms with van der Waals surface area (Å²) in [6.07, 6.45) is 2.12. The molecule has 0 aliphatic heterocycles. The third-order valence-corrected chi connectivity index (χ3v) is 4.58. The van der Waals surface area contributed by atoms with Gasteiger partial charge in [0.25, 0.3) is 0 Å². The molecule has 0 bridgehead atoms. The molecule has 0 N–H and O–H groups in total. The van der Waals surface area contributed by atoms with Gasteiger partial charge in [-0.2, -0.15) is 0 Å². The molecule has 0 saturated carbocycles. The van der Waals surface area contributed by atoms with Crippen LogP contribution in [0.15, 0.2) is 29.4 Å². The van der Waals surface area contributed by atoms with Crippen LogP contribution in [0.1, 0.15) is 19.8 Å². The third-order valence-electron chi connectivity index (χ3n) is 3.62. The van der Waals surface area contributed by atoms with Crippen molar-refractivity contribution in [3.63, 3.8) is 0 Å². The highest BCUT2D eigenvalue weighted by Gasteiger charge is 2.16. The molecule has 0 unspecified atom stereocenters. The van der Waals surface area contributed by atoms with Gasteiger partial charge in [-0.25, -0.2) is 0 Å². The number of carbonyl (C=O) groups is 1. The largest absolute Gasteiger partial charge is 0.497 e. The van der Waals surface area contributed by atoms with Crippen LogP contribution in [-0.2, 0) is 11.3 Å². The first-order chi connectivity index (χ1) is 11.6. The van der Waals surface area contributed by atoms with Crippen molar-refractivity contribution in [1.82, 2.24) is 19.7 Å². The van der Waals surface area contributed by atoms with Crippen molar-refractivity contribution in [3.05, 3.63) is 24.3 Å². The maximum Gasteiger partial charge on any atom is 0.232 e. The van der Waals surface area contributed by atoms with Crippen molar-refractivity contribution in [2.45, 2.75) is 31.5 Å². The van der Waals surface area contributed by atoms with E-state index in [0.717, 1.165) is 41.7 Å². The Bertz CT molecular complexity index is 668. The molecule has 0 radical (unpaired) electrons. The summed E-state index contributed by atoms with van der Waals surface area (Å²) in [6.45, 7) is 2.99. The van der Waals surface area contributed by atoms with Gasteiger partial charge in [-0.05, 0) is 30.7 Å². The molecule has 130 valence electrons. The standard InChI is InChI=1S/C17H24N4O2S/c1-5-6-11-21-16(13-7-9-14(23-4)10-8-13)18-19-17(21)24-12-15(22)20(2)3/h7-10H,5-6,11-12H2,1-4H3. The lowest BCUT2D eigenvalue weighted by Crippen LogP contribution is -2.23. The summed E-state index contributed by atoms with van der Waals surface area (Å²) in [7, 11) is 5.16. The predicted molar refractivity (Wildman–Crippen MR) is 96.3 cm³/mol. The Balaban J connectivity index is 2.25. The zero-order valence-electron chi connectivity index (χ0n) is 14.7. The Morgan fingerprint density at radius 1 is 1.25 bits per heavy atom. The van der Waals surface area contributed by atoms with Gasteiger partial charge in [0.05, 0.1) is 12.9 Å². The fourth-order valence-electron chi connectivity index (χ4n) is 2.12. The molecule has 1 amide bonds. The van der Waals surface area contributed by atoms with E-state index in [2.05, 4.69) is 21.7 Å². The summed E-state index contributed by atoms with van der Waals surface area (Å²) in [5, 5.41) is 9.42. The smallest absolute Gasteiger partial charge is 0.232 e. The summed E-state index contributed by atoms with van der Waals surface area (Å²) in [5.74, 6) is 2.06. The van der Waals surface area contributed by atoms with Gasteiger partial charge in [0.2, 0.25) is 5.91 Å². The molecule has 0 atom stereocenters. The van der Waals surface area contributed by atoms with E-state index in [1.807, 2.05) is 24.3 Å². The second kappa shape index (κ2) is 8.73. The van der Waals surface area contributed by atoms with Crippen LogP contribution in [0.4, 0.5) is 0 Å². The van der Waals surface area contributed by atoms with Gasteiger partial charge in [0.15, 0.2) is 11.0 Å². The summed E-state index contributed by atoms with van der Waals surface area (Å²) < 4.78 is 7.30. The molecule has 1 aromatic heterocycles. The van der Waals surface area contributed by atoms with Crippen LogP contribution < -0.4 is 4.74 Å². The van der Waals surface area contributed by atoms with Crippen molar-refractivity contribution < 1.29 is 9.53 Å². The first-order valence-electron chi connectivity index (χ1n) is 7.97. The van der Waals surface area contributed by atoms with Gasteiger partial charge in [-0.15, -0.1) is 10.2 Å². The zero-order chi connectivity index (χ0) is 17.5. The molecule has 0 spiro atoms. The predicted octanol–water partition coefficient (Wildman–Crippen LogP) is 2.93. The molecule has 0 fully saturated rings. The van der Waals surface area contributed by atoms with E-state index < -0.39 is 0 Å². The Labute approximate surface area is 147 Å². The number of thioether (sulfide) groups is 1. The minimum absolute atomic E-state index is 0.0658.